The van der Waals surface area contributed by atoms with Gasteiger partial charge >= 0.3 is 0 Å². The Labute approximate surface area is 226 Å². The van der Waals surface area contributed by atoms with Gasteiger partial charge in [-0.15, -0.1) is 0 Å². The number of halogens is 1. The first-order valence-electron chi connectivity index (χ1n) is 12.4. The molecule has 194 valence electrons. The van der Waals surface area contributed by atoms with Crippen molar-refractivity contribution in [2.75, 3.05) is 14.2 Å². The molecule has 0 radical (unpaired) electrons. The lowest BCUT2D eigenvalue weighted by Gasteiger charge is -2.24. The van der Waals surface area contributed by atoms with Crippen LogP contribution in [0.15, 0.2) is 84.4 Å². The molecule has 0 amide bonds. The summed E-state index contributed by atoms with van der Waals surface area (Å²) in [4.78, 5) is 10.8. The smallest absolute Gasteiger partial charge is 0.142 e. The Morgan fingerprint density at radius 3 is 2.05 bits per heavy atom. The Morgan fingerprint density at radius 1 is 0.946 bits per heavy atom. The number of allylic oxidation sites excluding steroid dienone is 4. The van der Waals surface area contributed by atoms with Crippen molar-refractivity contribution < 1.29 is 14.6 Å². The van der Waals surface area contributed by atoms with Crippen LogP contribution in [0.5, 0.6) is 5.75 Å². The predicted octanol–water partition coefficient (Wildman–Crippen LogP) is 8.45. The van der Waals surface area contributed by atoms with Gasteiger partial charge < -0.3 is 9.84 Å². The molecule has 3 aromatic rings. The Balaban J connectivity index is 0.00000235. The summed E-state index contributed by atoms with van der Waals surface area (Å²) < 4.78 is 5.39. The number of aldehydes is 1. The van der Waals surface area contributed by atoms with Crippen LogP contribution in [0, 0.1) is 12.8 Å². The van der Waals surface area contributed by atoms with E-state index >= 15 is 0 Å². The van der Waals surface area contributed by atoms with E-state index in [0.717, 1.165) is 69.6 Å². The summed E-state index contributed by atoms with van der Waals surface area (Å²) in [6.45, 7) is 8.66. The number of methoxy groups -OCH3 is 1. The zero-order valence-corrected chi connectivity index (χ0v) is 23.3. The van der Waals surface area contributed by atoms with E-state index < -0.39 is 0 Å². The monoisotopic (exact) mass is 516 g/mol. The van der Waals surface area contributed by atoms with E-state index in [2.05, 4.69) is 64.1 Å². The standard InChI is InChI=1S/C32H33ClO2.CH4O/c1-6-28(25-17-19-27(35-5)20-18-25)31(26-15-13-24(14-16-26)11-9-21-34)30(22(2)3)32(33)29-12-8-7-10-23(29)4;1-2/h7-22H,6H2,1-5H3;2H,1H3/b11-9+,31-28+,32-30-;. The van der Waals surface area contributed by atoms with Crippen LogP contribution in [-0.2, 0) is 4.79 Å². The second-order valence-corrected chi connectivity index (χ2v) is 9.13. The van der Waals surface area contributed by atoms with Crippen molar-refractivity contribution >= 4 is 40.1 Å². The van der Waals surface area contributed by atoms with Crippen molar-refractivity contribution in [2.24, 2.45) is 5.92 Å². The molecule has 3 rings (SSSR count). The Bertz CT molecular complexity index is 1250. The maximum atomic E-state index is 10.8. The van der Waals surface area contributed by atoms with Crippen LogP contribution >= 0.6 is 11.6 Å². The van der Waals surface area contributed by atoms with E-state index in [1.165, 1.54) is 11.6 Å². The van der Waals surface area contributed by atoms with Gasteiger partial charge in [-0.1, -0.05) is 99.1 Å². The number of aliphatic hydroxyl groups is 1. The Morgan fingerprint density at radius 2 is 1.54 bits per heavy atom. The summed E-state index contributed by atoms with van der Waals surface area (Å²) in [6, 6.07) is 24.8. The topological polar surface area (TPSA) is 46.5 Å². The minimum Gasteiger partial charge on any atom is -0.497 e. The number of ether oxygens (including phenoxy) is 1. The molecule has 0 saturated carbocycles. The highest BCUT2D eigenvalue weighted by Gasteiger charge is 2.22. The van der Waals surface area contributed by atoms with Gasteiger partial charge in [0.2, 0.25) is 0 Å². The normalized spacial score (nSPS) is 12.5. The van der Waals surface area contributed by atoms with Gasteiger partial charge in [0, 0.05) is 7.11 Å². The molecule has 0 bridgehead atoms. The molecule has 0 aliphatic heterocycles. The van der Waals surface area contributed by atoms with Crippen LogP contribution in [0.25, 0.3) is 22.3 Å². The molecule has 0 atom stereocenters. The molecule has 37 heavy (non-hydrogen) atoms. The third kappa shape index (κ3) is 7.55. The SMILES string of the molecule is CC/C(=C(\C(=C(/Cl)c1ccccc1C)C(C)C)c1ccc(/C=C/C=O)cc1)c1ccc(OC)cc1.CO. The molecule has 3 nitrogen and oxygen atoms in total. The van der Waals surface area contributed by atoms with Gasteiger partial charge in [-0.25, -0.2) is 0 Å². The van der Waals surface area contributed by atoms with Gasteiger partial charge in [0.25, 0.3) is 0 Å². The fraction of sp³-hybridized carbons (Fsp3) is 0.242. The van der Waals surface area contributed by atoms with Crippen LogP contribution in [0.3, 0.4) is 0 Å². The lowest BCUT2D eigenvalue weighted by molar-refractivity contribution is -0.104. The lowest BCUT2D eigenvalue weighted by atomic mass is 9.82. The number of carbonyl (C=O) groups excluding carboxylic acids is 1. The van der Waals surface area contributed by atoms with E-state index in [-0.39, 0.29) is 5.92 Å². The second-order valence-electron chi connectivity index (χ2n) is 8.75. The maximum absolute atomic E-state index is 10.8. The van der Waals surface area contributed by atoms with Crippen LogP contribution in [-0.4, -0.2) is 25.6 Å². The number of benzene rings is 3. The first kappa shape index (κ1) is 29.8. The van der Waals surface area contributed by atoms with Gasteiger partial charge in [-0.05, 0) is 82.0 Å². The van der Waals surface area contributed by atoms with Crippen LogP contribution < -0.4 is 4.74 Å². The molecule has 0 aliphatic rings. The summed E-state index contributed by atoms with van der Waals surface area (Å²) >= 11 is 7.23. The maximum Gasteiger partial charge on any atom is 0.142 e. The fourth-order valence-corrected chi connectivity index (χ4v) is 4.86. The Kier molecular flexibility index (Phi) is 12.1. The van der Waals surface area contributed by atoms with Gasteiger partial charge in [-0.3, -0.25) is 4.79 Å². The van der Waals surface area contributed by atoms with Gasteiger partial charge in [0.05, 0.1) is 12.1 Å². The van der Waals surface area contributed by atoms with E-state index in [1.807, 2.05) is 42.5 Å². The summed E-state index contributed by atoms with van der Waals surface area (Å²) in [5.41, 5.74) is 8.88. The quantitative estimate of drug-likeness (QED) is 0.134. The third-order valence-corrected chi connectivity index (χ3v) is 6.53. The van der Waals surface area contributed by atoms with Gasteiger partial charge in [0.1, 0.15) is 12.0 Å². The molecule has 3 aromatic carbocycles. The van der Waals surface area contributed by atoms with Gasteiger partial charge in [-0.2, -0.15) is 0 Å². The zero-order chi connectivity index (χ0) is 27.4. The molecule has 1 N–H and O–H groups in total. The molecule has 0 aromatic heterocycles. The first-order chi connectivity index (χ1) is 17.9. The third-order valence-electron chi connectivity index (χ3n) is 6.13. The van der Waals surface area contributed by atoms with Crippen molar-refractivity contribution in [1.29, 1.82) is 0 Å². The predicted molar refractivity (Wildman–Crippen MR) is 159 cm³/mol. The molecule has 0 saturated heterocycles. The average molecular weight is 517 g/mol. The molecule has 0 unspecified atom stereocenters. The Hall–Kier alpha value is -3.40. The molecule has 4 heteroatoms. The number of aryl methyl sites for hydroxylation is 1. The van der Waals surface area contributed by atoms with E-state index in [1.54, 1.807) is 7.11 Å². The van der Waals surface area contributed by atoms with Crippen molar-refractivity contribution in [3.8, 4) is 5.75 Å². The van der Waals surface area contributed by atoms with Crippen molar-refractivity contribution in [3.05, 3.63) is 112 Å². The lowest BCUT2D eigenvalue weighted by Crippen LogP contribution is -2.05. The van der Waals surface area contributed by atoms with Crippen molar-refractivity contribution in [3.63, 3.8) is 0 Å². The van der Waals surface area contributed by atoms with E-state index in [4.69, 9.17) is 21.4 Å². The summed E-state index contributed by atoms with van der Waals surface area (Å²) in [7, 11) is 2.68. The summed E-state index contributed by atoms with van der Waals surface area (Å²) in [6.07, 6.45) is 4.95. The van der Waals surface area contributed by atoms with Crippen molar-refractivity contribution in [1.82, 2.24) is 0 Å². The highest BCUT2D eigenvalue weighted by Crippen LogP contribution is 2.43. The zero-order valence-electron chi connectivity index (χ0n) is 22.6. The summed E-state index contributed by atoms with van der Waals surface area (Å²) in [5, 5.41) is 7.78. The van der Waals surface area contributed by atoms with Crippen LogP contribution in [0.1, 0.15) is 55.0 Å². The molecule has 0 spiro atoms. The number of aliphatic hydroxyl groups excluding tert-OH is 1. The minimum atomic E-state index is 0.187. The van der Waals surface area contributed by atoms with E-state index in [0.29, 0.717) is 0 Å². The number of hydrogen-bond acceptors (Lipinski definition) is 3. The number of carbonyl (C=O) groups is 1. The van der Waals surface area contributed by atoms with Gasteiger partial charge in [0.15, 0.2) is 0 Å². The highest BCUT2D eigenvalue weighted by molar-refractivity contribution is 6.50. The van der Waals surface area contributed by atoms with Crippen molar-refractivity contribution in [2.45, 2.75) is 34.1 Å². The second kappa shape index (κ2) is 15.0. The molecular formula is C33H37ClO3. The van der Waals surface area contributed by atoms with Crippen LogP contribution in [0.4, 0.5) is 0 Å². The minimum absolute atomic E-state index is 0.187. The number of rotatable bonds is 9. The first-order valence-corrected chi connectivity index (χ1v) is 12.8. The van der Waals surface area contributed by atoms with E-state index in [9.17, 15) is 4.79 Å². The largest absolute Gasteiger partial charge is 0.497 e. The number of hydrogen-bond donors (Lipinski definition) is 1. The molecular weight excluding hydrogens is 480 g/mol. The molecule has 0 fully saturated rings. The highest BCUT2D eigenvalue weighted by atomic mass is 35.5. The molecule has 0 aliphatic carbocycles. The fourth-order valence-electron chi connectivity index (χ4n) is 4.34. The molecule has 0 heterocycles. The van der Waals surface area contributed by atoms with Crippen LogP contribution in [0.2, 0.25) is 0 Å². The summed E-state index contributed by atoms with van der Waals surface area (Å²) in [5.74, 6) is 1.01. The average Bonchev–Trinajstić information content (AvgIpc) is 2.93.